The molecule has 8 nitrogen and oxygen atoms in total. The van der Waals surface area contributed by atoms with E-state index in [1.807, 2.05) is 64.1 Å². The van der Waals surface area contributed by atoms with E-state index >= 15 is 0 Å². The summed E-state index contributed by atoms with van der Waals surface area (Å²) < 4.78 is 7.27. The predicted molar refractivity (Wildman–Crippen MR) is 117 cm³/mol. The van der Waals surface area contributed by atoms with Crippen molar-refractivity contribution in [2.24, 2.45) is 0 Å². The van der Waals surface area contributed by atoms with Crippen LogP contribution < -0.4 is 5.32 Å². The molecule has 0 spiro atoms. The molecule has 8 heteroatoms. The molecule has 156 valence electrons. The molecule has 0 saturated carbocycles. The topological polar surface area (TPSA) is 85.2 Å². The van der Waals surface area contributed by atoms with E-state index in [1.54, 1.807) is 6.33 Å². The fourth-order valence-corrected chi connectivity index (χ4v) is 3.69. The quantitative estimate of drug-likeness (QED) is 0.541. The number of hydrogen-bond donors (Lipinski definition) is 1. The molecule has 1 amide bonds. The van der Waals surface area contributed by atoms with Gasteiger partial charge in [-0.05, 0) is 29.8 Å². The Balaban J connectivity index is 1.34. The number of rotatable bonds is 5. The van der Waals surface area contributed by atoms with Crippen LogP contribution in [0.15, 0.2) is 67.3 Å². The molecule has 2 aromatic carbocycles. The first-order chi connectivity index (χ1) is 15.3. The standard InChI is InChI=1S/C23H22N6O2/c30-23(28-9-11-31-12-10-28)18-6-4-5-17(13-18)14-24-21-20-22(26-15-25-21)29(16-27-20)19-7-2-1-3-8-19/h1-8,13,15-16H,9-12,14H2,(H,24,25,26). The molecule has 1 fully saturated rings. The zero-order valence-electron chi connectivity index (χ0n) is 16.9. The van der Waals surface area contributed by atoms with E-state index < -0.39 is 0 Å². The van der Waals surface area contributed by atoms with Gasteiger partial charge in [-0.15, -0.1) is 0 Å². The molecule has 31 heavy (non-hydrogen) atoms. The van der Waals surface area contributed by atoms with Gasteiger partial charge in [0.1, 0.15) is 12.7 Å². The zero-order valence-corrected chi connectivity index (χ0v) is 16.9. The van der Waals surface area contributed by atoms with Crippen molar-refractivity contribution in [2.75, 3.05) is 31.6 Å². The molecule has 4 aromatic rings. The predicted octanol–water partition coefficient (Wildman–Crippen LogP) is 2.90. The number of ether oxygens (including phenoxy) is 1. The molecule has 1 aliphatic rings. The summed E-state index contributed by atoms with van der Waals surface area (Å²) in [7, 11) is 0. The van der Waals surface area contributed by atoms with Crippen LogP contribution in [0, 0.1) is 0 Å². The molecule has 0 unspecified atom stereocenters. The maximum Gasteiger partial charge on any atom is 0.254 e. The lowest BCUT2D eigenvalue weighted by molar-refractivity contribution is 0.0303. The first-order valence-electron chi connectivity index (χ1n) is 10.2. The summed E-state index contributed by atoms with van der Waals surface area (Å²) in [5, 5.41) is 3.34. The lowest BCUT2D eigenvalue weighted by Crippen LogP contribution is -2.40. The largest absolute Gasteiger partial charge is 0.378 e. The number of nitrogens with zero attached hydrogens (tertiary/aromatic N) is 5. The summed E-state index contributed by atoms with van der Waals surface area (Å²) in [4.78, 5) is 27.9. The molecule has 2 aromatic heterocycles. The van der Waals surface area contributed by atoms with Crippen molar-refractivity contribution in [1.82, 2.24) is 24.4 Å². The monoisotopic (exact) mass is 414 g/mol. The number of carbonyl (C=O) groups excluding carboxylic acids is 1. The summed E-state index contributed by atoms with van der Waals surface area (Å²) in [6.45, 7) is 2.96. The molecule has 0 atom stereocenters. The molecular formula is C23H22N6O2. The minimum absolute atomic E-state index is 0.0381. The van der Waals surface area contributed by atoms with Gasteiger partial charge in [-0.25, -0.2) is 15.0 Å². The highest BCUT2D eigenvalue weighted by molar-refractivity contribution is 5.94. The van der Waals surface area contributed by atoms with Gasteiger partial charge in [0.15, 0.2) is 17.0 Å². The van der Waals surface area contributed by atoms with Gasteiger partial charge in [0.25, 0.3) is 5.91 Å². The number of para-hydroxylation sites is 1. The molecule has 1 N–H and O–H groups in total. The van der Waals surface area contributed by atoms with Crippen LogP contribution in [0.5, 0.6) is 0 Å². The molecule has 1 aliphatic heterocycles. The third kappa shape index (κ3) is 3.97. The van der Waals surface area contributed by atoms with Crippen LogP contribution in [0.25, 0.3) is 16.9 Å². The Morgan fingerprint density at radius 3 is 2.68 bits per heavy atom. The van der Waals surface area contributed by atoms with Gasteiger partial charge in [-0.1, -0.05) is 30.3 Å². The normalized spacial score (nSPS) is 14.0. The average Bonchev–Trinajstić information content (AvgIpc) is 3.28. The molecular weight excluding hydrogens is 392 g/mol. The Labute approximate surface area is 179 Å². The molecule has 0 aliphatic carbocycles. The fourth-order valence-electron chi connectivity index (χ4n) is 3.69. The van der Waals surface area contributed by atoms with Crippen molar-refractivity contribution in [3.05, 3.63) is 78.4 Å². The van der Waals surface area contributed by atoms with Crippen LogP contribution >= 0.6 is 0 Å². The number of imidazole rings is 1. The van der Waals surface area contributed by atoms with Crippen LogP contribution in [0.1, 0.15) is 15.9 Å². The summed E-state index contributed by atoms with van der Waals surface area (Å²) in [6, 6.07) is 17.6. The second kappa shape index (κ2) is 8.53. The Morgan fingerprint density at radius 2 is 1.84 bits per heavy atom. The summed E-state index contributed by atoms with van der Waals surface area (Å²) in [5.74, 6) is 0.695. The van der Waals surface area contributed by atoms with E-state index in [0.717, 1.165) is 16.9 Å². The van der Waals surface area contributed by atoms with E-state index in [2.05, 4.69) is 20.3 Å². The third-order valence-corrected chi connectivity index (χ3v) is 5.30. The number of benzene rings is 2. The first kappa shape index (κ1) is 19.2. The summed E-state index contributed by atoms with van der Waals surface area (Å²) in [5.41, 5.74) is 4.10. The van der Waals surface area contributed by atoms with Crippen molar-refractivity contribution >= 4 is 22.9 Å². The SMILES string of the molecule is O=C(c1cccc(CNc2ncnc3c2ncn3-c2ccccc2)c1)N1CCOCC1. The second-order valence-electron chi connectivity index (χ2n) is 7.30. The Bertz CT molecular complexity index is 1200. The van der Waals surface area contributed by atoms with Crippen LogP contribution in [0.4, 0.5) is 5.82 Å². The van der Waals surface area contributed by atoms with Crippen LogP contribution in [-0.4, -0.2) is 56.6 Å². The molecule has 0 bridgehead atoms. The van der Waals surface area contributed by atoms with Crippen molar-refractivity contribution in [1.29, 1.82) is 0 Å². The van der Waals surface area contributed by atoms with Crippen molar-refractivity contribution in [2.45, 2.75) is 6.54 Å². The molecule has 3 heterocycles. The van der Waals surface area contributed by atoms with Crippen molar-refractivity contribution < 1.29 is 9.53 Å². The van der Waals surface area contributed by atoms with E-state index in [-0.39, 0.29) is 5.91 Å². The van der Waals surface area contributed by atoms with Gasteiger partial charge in [0.05, 0.1) is 13.2 Å². The Hall–Kier alpha value is -3.78. The van der Waals surface area contributed by atoms with E-state index in [9.17, 15) is 4.79 Å². The Kier molecular flexibility index (Phi) is 5.28. The number of aromatic nitrogens is 4. The number of hydrogen-bond acceptors (Lipinski definition) is 6. The van der Waals surface area contributed by atoms with E-state index in [1.165, 1.54) is 6.33 Å². The third-order valence-electron chi connectivity index (χ3n) is 5.30. The molecule has 0 radical (unpaired) electrons. The number of anilines is 1. The van der Waals surface area contributed by atoms with Gasteiger partial charge in [-0.2, -0.15) is 0 Å². The molecule has 5 rings (SSSR count). The van der Waals surface area contributed by atoms with E-state index in [0.29, 0.717) is 49.7 Å². The van der Waals surface area contributed by atoms with Crippen molar-refractivity contribution in [3.8, 4) is 5.69 Å². The average molecular weight is 414 g/mol. The van der Waals surface area contributed by atoms with Gasteiger partial charge in [-0.3, -0.25) is 9.36 Å². The van der Waals surface area contributed by atoms with Crippen LogP contribution in [0.2, 0.25) is 0 Å². The number of carbonyl (C=O) groups is 1. The van der Waals surface area contributed by atoms with Crippen LogP contribution in [-0.2, 0) is 11.3 Å². The first-order valence-corrected chi connectivity index (χ1v) is 10.2. The zero-order chi connectivity index (χ0) is 21.0. The number of morpholine rings is 1. The van der Waals surface area contributed by atoms with Crippen molar-refractivity contribution in [3.63, 3.8) is 0 Å². The van der Waals surface area contributed by atoms with Crippen LogP contribution in [0.3, 0.4) is 0 Å². The second-order valence-corrected chi connectivity index (χ2v) is 7.30. The van der Waals surface area contributed by atoms with E-state index in [4.69, 9.17) is 4.74 Å². The van der Waals surface area contributed by atoms with Gasteiger partial charge >= 0.3 is 0 Å². The maximum atomic E-state index is 12.8. The van der Waals surface area contributed by atoms with Gasteiger partial charge < -0.3 is 15.0 Å². The smallest absolute Gasteiger partial charge is 0.254 e. The number of nitrogens with one attached hydrogen (secondary N) is 1. The highest BCUT2D eigenvalue weighted by Gasteiger charge is 2.18. The van der Waals surface area contributed by atoms with Gasteiger partial charge in [0.2, 0.25) is 0 Å². The molecule has 1 saturated heterocycles. The number of amides is 1. The minimum Gasteiger partial charge on any atom is -0.378 e. The van der Waals surface area contributed by atoms with Gasteiger partial charge in [0, 0.05) is 30.9 Å². The highest BCUT2D eigenvalue weighted by atomic mass is 16.5. The summed E-state index contributed by atoms with van der Waals surface area (Å²) >= 11 is 0. The lowest BCUT2D eigenvalue weighted by atomic mass is 10.1. The fraction of sp³-hybridized carbons (Fsp3) is 0.217. The number of fused-ring (bicyclic) bond motifs is 1. The lowest BCUT2D eigenvalue weighted by Gasteiger charge is -2.27. The maximum absolute atomic E-state index is 12.8. The minimum atomic E-state index is 0.0381. The highest BCUT2D eigenvalue weighted by Crippen LogP contribution is 2.21. The summed E-state index contributed by atoms with van der Waals surface area (Å²) in [6.07, 6.45) is 3.28. The Morgan fingerprint density at radius 1 is 1.00 bits per heavy atom.